The van der Waals surface area contributed by atoms with Crippen molar-refractivity contribution in [2.24, 2.45) is 11.7 Å². The molecule has 0 amide bonds. The number of aromatic nitrogens is 2. The Morgan fingerprint density at radius 2 is 1.86 bits per heavy atom. The van der Waals surface area contributed by atoms with Gasteiger partial charge in [0.1, 0.15) is 23.1 Å². The van der Waals surface area contributed by atoms with Crippen LogP contribution in [0.4, 0.5) is 24.5 Å². The highest BCUT2D eigenvalue weighted by Crippen LogP contribution is 2.31. The summed E-state index contributed by atoms with van der Waals surface area (Å²) < 4.78 is 44.3. The van der Waals surface area contributed by atoms with E-state index in [4.69, 9.17) is 5.73 Å². The monoisotopic (exact) mass is 483 g/mol. The number of piperidine rings is 1. The fraction of sp³-hybridized carbons (Fsp3) is 0.407. The summed E-state index contributed by atoms with van der Waals surface area (Å²) in [6.07, 6.45) is 6.75. The zero-order chi connectivity index (χ0) is 24.9. The Morgan fingerprint density at radius 3 is 2.57 bits per heavy atom. The van der Waals surface area contributed by atoms with E-state index in [1.54, 1.807) is 12.4 Å². The largest absolute Gasteiger partial charge is 0.376 e. The number of pyridine rings is 2. The summed E-state index contributed by atoms with van der Waals surface area (Å²) in [5, 5.41) is 3.30. The molecule has 5 nitrogen and oxygen atoms in total. The van der Waals surface area contributed by atoms with Crippen LogP contribution in [0.1, 0.15) is 44.4 Å². The first-order valence-electron chi connectivity index (χ1n) is 12.2. The second kappa shape index (κ2) is 11.1. The Morgan fingerprint density at radius 1 is 1.09 bits per heavy atom. The van der Waals surface area contributed by atoms with E-state index in [9.17, 15) is 13.2 Å². The van der Waals surface area contributed by atoms with Gasteiger partial charge in [-0.15, -0.1) is 0 Å². The third-order valence-electron chi connectivity index (χ3n) is 6.35. The highest BCUT2D eigenvalue weighted by molar-refractivity contribution is 5.69. The van der Waals surface area contributed by atoms with Crippen molar-refractivity contribution in [3.8, 4) is 11.3 Å². The molecule has 35 heavy (non-hydrogen) atoms. The van der Waals surface area contributed by atoms with Crippen LogP contribution in [-0.4, -0.2) is 29.1 Å². The minimum atomic E-state index is -0.808. The average molecular weight is 484 g/mol. The maximum atomic E-state index is 14.8. The fourth-order valence-electron chi connectivity index (χ4n) is 4.71. The third kappa shape index (κ3) is 5.93. The molecule has 0 saturated carbocycles. The van der Waals surface area contributed by atoms with Gasteiger partial charge < -0.3 is 16.0 Å². The van der Waals surface area contributed by atoms with Gasteiger partial charge in [0, 0.05) is 25.3 Å². The molecule has 1 aliphatic heterocycles. The third-order valence-corrected chi connectivity index (χ3v) is 6.35. The van der Waals surface area contributed by atoms with E-state index in [1.807, 2.05) is 13.0 Å². The number of hydrogen-bond donors (Lipinski definition) is 2. The molecule has 2 unspecified atom stereocenters. The SMILES string of the molecule is CCCCc1cc(F)c(-c2nc(CNc3cnccc3N3CC(C)CC(N)C3)ccc2F)c(F)c1. The maximum absolute atomic E-state index is 14.8. The number of nitrogens with two attached hydrogens (primary N) is 1. The van der Waals surface area contributed by atoms with E-state index in [1.165, 1.54) is 24.3 Å². The predicted octanol–water partition coefficient (Wildman–Crippen LogP) is 5.69. The number of halogens is 3. The van der Waals surface area contributed by atoms with Crippen LogP contribution in [0.3, 0.4) is 0 Å². The smallest absolute Gasteiger partial charge is 0.149 e. The van der Waals surface area contributed by atoms with Gasteiger partial charge in [0.2, 0.25) is 0 Å². The summed E-state index contributed by atoms with van der Waals surface area (Å²) in [6, 6.07) is 7.27. The van der Waals surface area contributed by atoms with Gasteiger partial charge in [0.25, 0.3) is 0 Å². The van der Waals surface area contributed by atoms with Gasteiger partial charge in [-0.25, -0.2) is 18.2 Å². The zero-order valence-corrected chi connectivity index (χ0v) is 20.2. The van der Waals surface area contributed by atoms with E-state index in [-0.39, 0.29) is 18.3 Å². The summed E-state index contributed by atoms with van der Waals surface area (Å²) in [7, 11) is 0. The van der Waals surface area contributed by atoms with Crippen LogP contribution >= 0.6 is 0 Å². The number of hydrogen-bond acceptors (Lipinski definition) is 5. The molecule has 0 aliphatic carbocycles. The maximum Gasteiger partial charge on any atom is 0.149 e. The number of anilines is 2. The molecule has 8 heteroatoms. The average Bonchev–Trinajstić information content (AvgIpc) is 2.82. The first-order valence-corrected chi connectivity index (χ1v) is 12.2. The summed E-state index contributed by atoms with van der Waals surface area (Å²) in [4.78, 5) is 10.7. The molecule has 186 valence electrons. The van der Waals surface area contributed by atoms with Crippen LogP contribution in [0.25, 0.3) is 11.3 Å². The molecule has 2 atom stereocenters. The van der Waals surface area contributed by atoms with Crippen molar-refractivity contribution in [3.05, 3.63) is 71.4 Å². The Balaban J connectivity index is 1.56. The number of unbranched alkanes of at least 4 members (excludes halogenated alkanes) is 1. The van der Waals surface area contributed by atoms with E-state index >= 15 is 0 Å². The second-order valence-electron chi connectivity index (χ2n) is 9.42. The lowest BCUT2D eigenvalue weighted by atomic mass is 9.96. The summed E-state index contributed by atoms with van der Waals surface area (Å²) in [6.45, 7) is 6.06. The van der Waals surface area contributed by atoms with Gasteiger partial charge in [-0.1, -0.05) is 20.3 Å². The number of benzene rings is 1. The Hall–Kier alpha value is -3.13. The van der Waals surface area contributed by atoms with Crippen molar-refractivity contribution in [1.29, 1.82) is 0 Å². The minimum Gasteiger partial charge on any atom is -0.376 e. The van der Waals surface area contributed by atoms with Crippen molar-refractivity contribution < 1.29 is 13.2 Å². The molecular formula is C27H32F3N5. The molecule has 0 spiro atoms. The number of rotatable bonds is 8. The van der Waals surface area contributed by atoms with E-state index < -0.39 is 23.0 Å². The van der Waals surface area contributed by atoms with Gasteiger partial charge >= 0.3 is 0 Å². The molecule has 3 heterocycles. The van der Waals surface area contributed by atoms with Crippen LogP contribution in [0.2, 0.25) is 0 Å². The van der Waals surface area contributed by atoms with Crippen molar-refractivity contribution >= 4 is 11.4 Å². The van der Waals surface area contributed by atoms with Gasteiger partial charge in [-0.05, 0) is 61.1 Å². The second-order valence-corrected chi connectivity index (χ2v) is 9.42. The summed E-state index contributed by atoms with van der Waals surface area (Å²) in [5.41, 5.74) is 8.23. The first kappa shape index (κ1) is 25.0. The van der Waals surface area contributed by atoms with Crippen LogP contribution in [-0.2, 0) is 13.0 Å². The normalized spacial score (nSPS) is 18.1. The van der Waals surface area contributed by atoms with E-state index in [0.29, 0.717) is 23.6 Å². The highest BCUT2D eigenvalue weighted by atomic mass is 19.1. The van der Waals surface area contributed by atoms with E-state index in [2.05, 4.69) is 27.1 Å². The lowest BCUT2D eigenvalue weighted by Crippen LogP contribution is -2.46. The number of nitrogens with zero attached hydrogens (tertiary/aromatic N) is 3. The van der Waals surface area contributed by atoms with E-state index in [0.717, 1.165) is 43.7 Å². The lowest BCUT2D eigenvalue weighted by Gasteiger charge is -2.37. The molecular weight excluding hydrogens is 451 g/mol. The van der Waals surface area contributed by atoms with Gasteiger partial charge in [0.15, 0.2) is 0 Å². The molecule has 1 fully saturated rings. The van der Waals surface area contributed by atoms with Crippen molar-refractivity contribution in [3.63, 3.8) is 0 Å². The molecule has 3 aromatic rings. The predicted molar refractivity (Wildman–Crippen MR) is 134 cm³/mol. The topological polar surface area (TPSA) is 67.1 Å². The highest BCUT2D eigenvalue weighted by Gasteiger charge is 2.24. The van der Waals surface area contributed by atoms with Crippen LogP contribution in [0.5, 0.6) is 0 Å². The molecule has 1 aliphatic rings. The zero-order valence-electron chi connectivity index (χ0n) is 20.2. The standard InChI is InChI=1S/C27H32F3N5/c1-3-4-5-18-11-22(29)26(23(30)12-18)27-21(28)7-6-20(34-27)13-33-24-14-32-9-8-25(24)35-15-17(2)10-19(31)16-35/h6-9,11-12,14,17,19,33H,3-5,10,13,15-16,31H2,1-2H3. The van der Waals surface area contributed by atoms with Crippen molar-refractivity contribution in [2.75, 3.05) is 23.3 Å². The van der Waals surface area contributed by atoms with Gasteiger partial charge in [-0.2, -0.15) is 0 Å². The molecule has 1 saturated heterocycles. The Kier molecular flexibility index (Phi) is 7.90. The number of aryl methyl sites for hydroxylation is 1. The molecule has 3 N–H and O–H groups in total. The Labute approximate surface area is 204 Å². The number of nitrogens with one attached hydrogen (secondary N) is 1. The molecule has 4 rings (SSSR count). The van der Waals surface area contributed by atoms with Crippen LogP contribution < -0.4 is 16.0 Å². The minimum absolute atomic E-state index is 0.0965. The summed E-state index contributed by atoms with van der Waals surface area (Å²) >= 11 is 0. The molecule has 0 bridgehead atoms. The van der Waals surface area contributed by atoms with Gasteiger partial charge in [-0.3, -0.25) is 4.98 Å². The van der Waals surface area contributed by atoms with Crippen LogP contribution in [0.15, 0.2) is 42.7 Å². The summed E-state index contributed by atoms with van der Waals surface area (Å²) in [5.74, 6) is -1.92. The molecule has 1 aromatic carbocycles. The lowest BCUT2D eigenvalue weighted by molar-refractivity contribution is 0.402. The molecule has 2 aromatic heterocycles. The van der Waals surface area contributed by atoms with Crippen molar-refractivity contribution in [1.82, 2.24) is 9.97 Å². The van der Waals surface area contributed by atoms with Crippen molar-refractivity contribution in [2.45, 2.75) is 52.1 Å². The van der Waals surface area contributed by atoms with Gasteiger partial charge in [0.05, 0.1) is 35.4 Å². The molecule has 0 radical (unpaired) electrons. The fourth-order valence-corrected chi connectivity index (χ4v) is 4.71. The quantitative estimate of drug-likeness (QED) is 0.431. The van der Waals surface area contributed by atoms with Crippen LogP contribution in [0, 0.1) is 23.4 Å². The Bertz CT molecular complexity index is 1140. The first-order chi connectivity index (χ1) is 16.9.